The van der Waals surface area contributed by atoms with E-state index in [1.807, 2.05) is 6.92 Å². The van der Waals surface area contributed by atoms with Crippen molar-refractivity contribution in [2.45, 2.75) is 33.1 Å². The molecule has 72 valence electrons. The Morgan fingerprint density at radius 2 is 2.08 bits per heavy atom. The lowest BCUT2D eigenvalue weighted by Gasteiger charge is -2.04. The van der Waals surface area contributed by atoms with Crippen LogP contribution in [-0.4, -0.2) is 9.97 Å². The number of aromatic nitrogens is 2. The average molecular weight is 291 g/mol. The van der Waals surface area contributed by atoms with Gasteiger partial charge < -0.3 is 5.73 Å². The maximum atomic E-state index is 5.73. The van der Waals surface area contributed by atoms with E-state index >= 15 is 0 Å². The van der Waals surface area contributed by atoms with Crippen molar-refractivity contribution in [2.24, 2.45) is 0 Å². The Kier molecular flexibility index (Phi) is 3.90. The Hall–Kier alpha value is -0.390. The molecule has 1 rings (SSSR count). The minimum absolute atomic E-state index is 0.610. The first-order chi connectivity index (χ1) is 6.15. The number of hydrogen-bond acceptors (Lipinski definition) is 3. The third kappa shape index (κ3) is 2.79. The van der Waals surface area contributed by atoms with Gasteiger partial charge in [-0.05, 0) is 35.9 Å². The van der Waals surface area contributed by atoms with Gasteiger partial charge in [0.25, 0.3) is 0 Å². The quantitative estimate of drug-likeness (QED) is 0.869. The summed E-state index contributed by atoms with van der Waals surface area (Å²) in [6, 6.07) is 0. The highest BCUT2D eigenvalue weighted by Crippen LogP contribution is 2.15. The summed E-state index contributed by atoms with van der Waals surface area (Å²) < 4.78 is 0.970. The lowest BCUT2D eigenvalue weighted by molar-refractivity contribution is 0.748. The van der Waals surface area contributed by atoms with Gasteiger partial charge >= 0.3 is 0 Å². The Balaban J connectivity index is 2.86. The average Bonchev–Trinajstić information content (AvgIpc) is 2.10. The zero-order chi connectivity index (χ0) is 9.84. The number of nitrogens with zero attached hydrogens (tertiary/aromatic N) is 2. The van der Waals surface area contributed by atoms with E-state index in [0.29, 0.717) is 5.82 Å². The van der Waals surface area contributed by atoms with Crippen molar-refractivity contribution in [2.75, 3.05) is 5.73 Å². The van der Waals surface area contributed by atoms with Gasteiger partial charge in [0.15, 0.2) is 0 Å². The molecule has 0 aliphatic carbocycles. The number of nitrogen functional groups attached to an aromatic ring is 1. The molecule has 0 bridgehead atoms. The first-order valence-electron chi connectivity index (χ1n) is 4.43. The number of hydrogen-bond donors (Lipinski definition) is 1. The molecule has 0 aliphatic heterocycles. The van der Waals surface area contributed by atoms with Gasteiger partial charge in [-0.25, -0.2) is 9.97 Å². The molecule has 1 aromatic rings. The molecule has 0 amide bonds. The van der Waals surface area contributed by atoms with Crippen molar-refractivity contribution in [3.05, 3.63) is 15.1 Å². The van der Waals surface area contributed by atoms with Crippen LogP contribution < -0.4 is 5.73 Å². The fourth-order valence-corrected chi connectivity index (χ4v) is 1.33. The molecule has 0 aromatic carbocycles. The fourth-order valence-electron chi connectivity index (χ4n) is 1.09. The van der Waals surface area contributed by atoms with Crippen LogP contribution in [0.4, 0.5) is 5.82 Å². The maximum absolute atomic E-state index is 5.73. The first-order valence-corrected chi connectivity index (χ1v) is 5.51. The van der Waals surface area contributed by atoms with E-state index in [-0.39, 0.29) is 0 Å². The molecule has 0 radical (unpaired) electrons. The van der Waals surface area contributed by atoms with Crippen LogP contribution in [0, 0.1) is 10.5 Å². The van der Waals surface area contributed by atoms with Gasteiger partial charge in [-0.1, -0.05) is 13.3 Å². The Labute approximate surface area is 92.3 Å². The normalized spacial score (nSPS) is 10.4. The van der Waals surface area contributed by atoms with E-state index in [0.717, 1.165) is 34.4 Å². The molecule has 0 aliphatic rings. The third-order valence-corrected chi connectivity index (χ3v) is 3.18. The van der Waals surface area contributed by atoms with E-state index in [2.05, 4.69) is 39.5 Å². The molecule has 3 nitrogen and oxygen atoms in total. The van der Waals surface area contributed by atoms with E-state index in [9.17, 15) is 0 Å². The van der Waals surface area contributed by atoms with Crippen LogP contribution in [0.3, 0.4) is 0 Å². The monoisotopic (exact) mass is 291 g/mol. The number of halogens is 1. The third-order valence-electron chi connectivity index (χ3n) is 1.84. The second-order valence-corrected chi connectivity index (χ2v) is 4.11. The Bertz CT molecular complexity index is 276. The molecule has 1 aromatic heterocycles. The van der Waals surface area contributed by atoms with Gasteiger partial charge in [-0.3, -0.25) is 0 Å². The largest absolute Gasteiger partial charge is 0.383 e. The predicted molar refractivity (Wildman–Crippen MR) is 62.5 cm³/mol. The first kappa shape index (κ1) is 10.7. The Morgan fingerprint density at radius 1 is 1.38 bits per heavy atom. The van der Waals surface area contributed by atoms with E-state index in [1.165, 1.54) is 0 Å². The molecular weight excluding hydrogens is 277 g/mol. The number of aryl methyl sites for hydroxylation is 2. The van der Waals surface area contributed by atoms with Crippen molar-refractivity contribution >= 4 is 28.4 Å². The summed E-state index contributed by atoms with van der Waals surface area (Å²) >= 11 is 2.17. The van der Waals surface area contributed by atoms with Gasteiger partial charge in [-0.15, -0.1) is 0 Å². The molecule has 0 unspecified atom stereocenters. The van der Waals surface area contributed by atoms with Crippen LogP contribution in [0.1, 0.15) is 31.3 Å². The highest BCUT2D eigenvalue weighted by atomic mass is 127. The summed E-state index contributed by atoms with van der Waals surface area (Å²) in [5.41, 5.74) is 6.72. The summed E-state index contributed by atoms with van der Waals surface area (Å²) in [4.78, 5) is 8.60. The molecule has 1 heterocycles. The minimum atomic E-state index is 0.610. The van der Waals surface area contributed by atoms with Crippen LogP contribution in [0.15, 0.2) is 0 Å². The van der Waals surface area contributed by atoms with Crippen LogP contribution in [0.25, 0.3) is 0 Å². The topological polar surface area (TPSA) is 51.8 Å². The molecular formula is C9H14IN3. The SMILES string of the molecule is CCCCc1nc(C)c(I)c(N)n1. The lowest BCUT2D eigenvalue weighted by Crippen LogP contribution is -2.04. The molecule has 13 heavy (non-hydrogen) atoms. The van der Waals surface area contributed by atoms with E-state index in [4.69, 9.17) is 5.73 Å². The fraction of sp³-hybridized carbons (Fsp3) is 0.556. The summed E-state index contributed by atoms with van der Waals surface area (Å²) in [6.07, 6.45) is 3.21. The molecule has 0 saturated carbocycles. The molecule has 0 saturated heterocycles. The van der Waals surface area contributed by atoms with Crippen LogP contribution in [-0.2, 0) is 6.42 Å². The van der Waals surface area contributed by atoms with Crippen molar-refractivity contribution in [1.82, 2.24) is 9.97 Å². The zero-order valence-electron chi connectivity index (χ0n) is 7.97. The molecule has 4 heteroatoms. The second-order valence-electron chi connectivity index (χ2n) is 3.03. The smallest absolute Gasteiger partial charge is 0.140 e. The highest BCUT2D eigenvalue weighted by molar-refractivity contribution is 14.1. The number of nitrogens with two attached hydrogens (primary N) is 1. The second kappa shape index (κ2) is 4.74. The van der Waals surface area contributed by atoms with Crippen molar-refractivity contribution in [1.29, 1.82) is 0 Å². The van der Waals surface area contributed by atoms with Crippen molar-refractivity contribution < 1.29 is 0 Å². The maximum Gasteiger partial charge on any atom is 0.140 e. The molecule has 0 spiro atoms. The Morgan fingerprint density at radius 3 is 2.62 bits per heavy atom. The van der Waals surface area contributed by atoms with E-state index < -0.39 is 0 Å². The lowest BCUT2D eigenvalue weighted by atomic mass is 10.2. The van der Waals surface area contributed by atoms with Gasteiger partial charge in [0, 0.05) is 6.42 Å². The van der Waals surface area contributed by atoms with E-state index in [1.54, 1.807) is 0 Å². The zero-order valence-corrected chi connectivity index (χ0v) is 10.1. The standard InChI is InChI=1S/C9H14IN3/c1-3-4-5-7-12-6(2)8(10)9(11)13-7/h3-5H2,1-2H3,(H2,11,12,13). The number of rotatable bonds is 3. The number of unbranched alkanes of at least 4 members (excludes halogenated alkanes) is 1. The number of anilines is 1. The van der Waals surface area contributed by atoms with Crippen LogP contribution >= 0.6 is 22.6 Å². The van der Waals surface area contributed by atoms with Crippen LogP contribution in [0.5, 0.6) is 0 Å². The summed E-state index contributed by atoms with van der Waals surface area (Å²) in [6.45, 7) is 4.12. The van der Waals surface area contributed by atoms with Crippen molar-refractivity contribution in [3.8, 4) is 0 Å². The van der Waals surface area contributed by atoms with Gasteiger partial charge in [-0.2, -0.15) is 0 Å². The molecule has 2 N–H and O–H groups in total. The summed E-state index contributed by atoms with van der Waals surface area (Å²) in [5, 5.41) is 0. The van der Waals surface area contributed by atoms with Crippen LogP contribution in [0.2, 0.25) is 0 Å². The van der Waals surface area contributed by atoms with Gasteiger partial charge in [0.2, 0.25) is 0 Å². The summed E-state index contributed by atoms with van der Waals surface area (Å²) in [5.74, 6) is 1.48. The minimum Gasteiger partial charge on any atom is -0.383 e. The van der Waals surface area contributed by atoms with Gasteiger partial charge in [0.05, 0.1) is 9.26 Å². The van der Waals surface area contributed by atoms with Gasteiger partial charge in [0.1, 0.15) is 11.6 Å². The molecule has 0 atom stereocenters. The van der Waals surface area contributed by atoms with Crippen molar-refractivity contribution in [3.63, 3.8) is 0 Å². The highest BCUT2D eigenvalue weighted by Gasteiger charge is 2.05. The predicted octanol–water partition coefficient (Wildman–Crippen LogP) is 2.31. The molecule has 0 fully saturated rings. The summed E-state index contributed by atoms with van der Waals surface area (Å²) in [7, 11) is 0.